The van der Waals surface area contributed by atoms with Gasteiger partial charge in [-0.05, 0) is 135 Å². The van der Waals surface area contributed by atoms with E-state index in [1.807, 2.05) is 11.0 Å². The van der Waals surface area contributed by atoms with Gasteiger partial charge in [-0.2, -0.15) is 0 Å². The number of carbonyl (C=O) groups excluding carboxylic acids is 2. The van der Waals surface area contributed by atoms with Crippen LogP contribution in [0.15, 0.2) is 72.3 Å². The molecule has 0 aromatic heterocycles. The minimum Gasteiger partial charge on any atom is -0.352 e. The normalized spacial score (nSPS) is 18.1. The van der Waals surface area contributed by atoms with Crippen LogP contribution < -0.4 is 5.32 Å². The molecule has 0 spiro atoms. The molecular weight excluding hydrogens is 625 g/mol. The number of likely N-dealkylation sites (tertiary alicyclic amines) is 2. The number of benzene rings is 3. The molecule has 3 aliphatic rings. The number of amides is 2. The Morgan fingerprint density at radius 2 is 1.55 bits per heavy atom. The van der Waals surface area contributed by atoms with Crippen LogP contribution in [-0.2, 0) is 16.0 Å². The number of hydrogen-bond acceptors (Lipinski definition) is 3. The van der Waals surface area contributed by atoms with Crippen molar-refractivity contribution in [2.75, 3.05) is 39.3 Å². The summed E-state index contributed by atoms with van der Waals surface area (Å²) in [6, 6.07) is 20.7. The molecule has 2 aliphatic heterocycles. The van der Waals surface area contributed by atoms with E-state index < -0.39 is 0 Å². The Balaban J connectivity index is 0.925. The van der Waals surface area contributed by atoms with Gasteiger partial charge in [0.25, 0.3) is 0 Å². The maximum atomic E-state index is 13.3. The van der Waals surface area contributed by atoms with Gasteiger partial charge in [0.1, 0.15) is 0 Å². The Kier molecular flexibility index (Phi) is 11.2. The molecule has 3 aromatic carbocycles. The number of nitrogens with zero attached hydrogens (tertiary/aromatic N) is 2. The molecule has 1 N–H and O–H groups in total. The van der Waals surface area contributed by atoms with Crippen molar-refractivity contribution in [3.05, 3.63) is 105 Å². The molecule has 6 rings (SSSR count). The lowest BCUT2D eigenvalue weighted by Gasteiger charge is -2.37. The lowest BCUT2D eigenvalue weighted by Crippen LogP contribution is -2.44. The molecule has 47 heavy (non-hydrogen) atoms. The van der Waals surface area contributed by atoms with Crippen molar-refractivity contribution in [3.63, 3.8) is 0 Å². The van der Waals surface area contributed by atoms with E-state index in [2.05, 4.69) is 65.7 Å². The first-order chi connectivity index (χ1) is 22.8. The third kappa shape index (κ3) is 8.95. The average Bonchev–Trinajstić information content (AvgIpc) is 3.31. The van der Waals surface area contributed by atoms with Crippen LogP contribution in [0, 0.1) is 18.8 Å². The van der Waals surface area contributed by atoms with Gasteiger partial charge < -0.3 is 15.1 Å². The number of aryl methyl sites for hydroxylation is 2. The molecule has 246 valence electrons. The van der Waals surface area contributed by atoms with Gasteiger partial charge in [-0.3, -0.25) is 9.59 Å². The van der Waals surface area contributed by atoms with E-state index in [0.29, 0.717) is 21.9 Å². The maximum Gasteiger partial charge on any atom is 0.247 e. The monoisotopic (exact) mass is 669 g/mol. The molecule has 0 radical (unpaired) electrons. The van der Waals surface area contributed by atoms with Crippen molar-refractivity contribution >= 4 is 47.2 Å². The van der Waals surface area contributed by atoms with Gasteiger partial charge in [-0.1, -0.05) is 71.2 Å². The number of nitrogens with one attached hydrogen (secondary N) is 1. The minimum atomic E-state index is 0.0493. The highest BCUT2D eigenvalue weighted by Gasteiger charge is 2.26. The van der Waals surface area contributed by atoms with Crippen molar-refractivity contribution in [2.45, 2.75) is 51.9 Å². The van der Waals surface area contributed by atoms with Crippen LogP contribution in [0.5, 0.6) is 0 Å². The fraction of sp³-hybridized carbons (Fsp3) is 0.400. The molecule has 1 aliphatic carbocycles. The summed E-state index contributed by atoms with van der Waals surface area (Å²) in [4.78, 5) is 30.6. The Labute approximate surface area is 289 Å². The highest BCUT2D eigenvalue weighted by atomic mass is 35.5. The molecule has 7 heteroatoms. The summed E-state index contributed by atoms with van der Waals surface area (Å²) in [6.07, 6.45) is 12.7. The number of carbonyl (C=O) groups is 2. The second-order valence-electron chi connectivity index (χ2n) is 13.5. The Bertz CT molecular complexity index is 1630. The van der Waals surface area contributed by atoms with Crippen molar-refractivity contribution in [1.29, 1.82) is 0 Å². The number of piperidine rings is 2. The van der Waals surface area contributed by atoms with E-state index in [-0.39, 0.29) is 11.8 Å². The summed E-state index contributed by atoms with van der Waals surface area (Å²) in [7, 11) is 0. The molecule has 0 unspecified atom stereocenters. The zero-order valence-electron chi connectivity index (χ0n) is 27.3. The first-order valence-electron chi connectivity index (χ1n) is 17.1. The highest BCUT2D eigenvalue weighted by molar-refractivity contribution is 6.42. The fourth-order valence-corrected chi connectivity index (χ4v) is 7.41. The van der Waals surface area contributed by atoms with Gasteiger partial charge in [-0.25, -0.2) is 0 Å². The Hall–Kier alpha value is -3.38. The van der Waals surface area contributed by atoms with Gasteiger partial charge in [0.05, 0.1) is 10.0 Å². The molecule has 0 saturated carbocycles. The van der Waals surface area contributed by atoms with Crippen molar-refractivity contribution < 1.29 is 9.59 Å². The van der Waals surface area contributed by atoms with Crippen molar-refractivity contribution in [1.82, 2.24) is 15.1 Å². The molecule has 2 amide bonds. The SMILES string of the molecule is Cc1ccc(-c2ccc3c(c2)C=C(C(=O)NCC2CCN(CC4CCN(C(=O)/C=C/c5ccc(Cl)c(Cl)c5)CC4)CC2)CCC3)cc1. The average molecular weight is 671 g/mol. The van der Waals surface area contributed by atoms with Crippen LogP contribution in [0.1, 0.15) is 60.8 Å². The van der Waals surface area contributed by atoms with Crippen LogP contribution in [0.2, 0.25) is 10.0 Å². The van der Waals surface area contributed by atoms with E-state index in [9.17, 15) is 9.59 Å². The smallest absolute Gasteiger partial charge is 0.247 e. The van der Waals surface area contributed by atoms with Crippen molar-refractivity contribution in [2.24, 2.45) is 11.8 Å². The summed E-state index contributed by atoms with van der Waals surface area (Å²) < 4.78 is 0. The quantitative estimate of drug-likeness (QED) is 0.245. The maximum absolute atomic E-state index is 13.3. The summed E-state index contributed by atoms with van der Waals surface area (Å²) in [5, 5.41) is 4.29. The molecular formula is C40H45Cl2N3O2. The van der Waals surface area contributed by atoms with Crippen LogP contribution >= 0.6 is 23.2 Å². The molecule has 2 fully saturated rings. The topological polar surface area (TPSA) is 52.7 Å². The van der Waals surface area contributed by atoms with Gasteiger partial charge in [-0.15, -0.1) is 0 Å². The largest absolute Gasteiger partial charge is 0.352 e. The predicted molar refractivity (Wildman–Crippen MR) is 195 cm³/mol. The van der Waals surface area contributed by atoms with Gasteiger partial charge in [0, 0.05) is 37.8 Å². The fourth-order valence-electron chi connectivity index (χ4n) is 7.10. The van der Waals surface area contributed by atoms with Gasteiger partial charge in [0.15, 0.2) is 0 Å². The molecule has 3 aromatic rings. The number of fused-ring (bicyclic) bond motifs is 1. The summed E-state index contributed by atoms with van der Waals surface area (Å²) >= 11 is 12.1. The van der Waals surface area contributed by atoms with Crippen LogP contribution in [0.4, 0.5) is 0 Å². The summed E-state index contributed by atoms with van der Waals surface area (Å²) in [6.45, 7) is 7.69. The third-order valence-corrected chi connectivity index (χ3v) is 10.8. The number of halogens is 2. The Morgan fingerprint density at radius 1 is 0.830 bits per heavy atom. The lowest BCUT2D eigenvalue weighted by molar-refractivity contribution is -0.127. The van der Waals surface area contributed by atoms with E-state index in [1.165, 1.54) is 27.8 Å². The molecule has 0 atom stereocenters. The molecule has 5 nitrogen and oxygen atoms in total. The third-order valence-electron chi connectivity index (χ3n) is 10.1. The Morgan fingerprint density at radius 3 is 2.30 bits per heavy atom. The second kappa shape index (κ2) is 15.7. The molecule has 2 saturated heterocycles. The predicted octanol–water partition coefficient (Wildman–Crippen LogP) is 8.47. The summed E-state index contributed by atoms with van der Waals surface area (Å²) in [5.74, 6) is 1.28. The van der Waals surface area contributed by atoms with E-state index in [0.717, 1.165) is 95.4 Å². The first-order valence-corrected chi connectivity index (χ1v) is 17.9. The molecule has 0 bridgehead atoms. The van der Waals surface area contributed by atoms with Crippen LogP contribution in [-0.4, -0.2) is 60.9 Å². The van der Waals surface area contributed by atoms with E-state index in [4.69, 9.17) is 23.2 Å². The van der Waals surface area contributed by atoms with Crippen LogP contribution in [0.3, 0.4) is 0 Å². The second-order valence-corrected chi connectivity index (χ2v) is 14.3. The highest BCUT2D eigenvalue weighted by Crippen LogP contribution is 2.29. The zero-order chi connectivity index (χ0) is 32.8. The zero-order valence-corrected chi connectivity index (χ0v) is 28.8. The van der Waals surface area contributed by atoms with Crippen LogP contribution in [0.25, 0.3) is 23.3 Å². The van der Waals surface area contributed by atoms with Crippen molar-refractivity contribution in [3.8, 4) is 11.1 Å². The number of hydrogen-bond donors (Lipinski definition) is 1. The summed E-state index contributed by atoms with van der Waals surface area (Å²) in [5.41, 5.74) is 7.92. The minimum absolute atomic E-state index is 0.0493. The van der Waals surface area contributed by atoms with Gasteiger partial charge in [0.2, 0.25) is 11.8 Å². The van der Waals surface area contributed by atoms with Gasteiger partial charge >= 0.3 is 0 Å². The molecule has 2 heterocycles. The number of rotatable bonds is 8. The lowest BCUT2D eigenvalue weighted by atomic mass is 9.92. The van der Waals surface area contributed by atoms with E-state index >= 15 is 0 Å². The van der Waals surface area contributed by atoms with E-state index in [1.54, 1.807) is 24.3 Å². The first kappa shape index (κ1) is 33.5. The standard InChI is InChI=1S/C40H45Cl2N3O2/c1-28-5-9-33(10-6-28)34-12-11-32-3-2-4-35(25-36(32)24-34)40(47)43-26-30-15-19-44(20-16-30)27-31-17-21-45(22-18-31)39(46)14-8-29-7-13-37(41)38(42)23-29/h5-14,23-25,30-31H,2-4,15-22,26-27H2,1H3,(H,43,47)/b14-8+.